The summed E-state index contributed by atoms with van der Waals surface area (Å²) in [6.07, 6.45) is 4.38. The fourth-order valence-electron chi connectivity index (χ4n) is 5.07. The Morgan fingerprint density at radius 3 is 2.55 bits per heavy atom. The summed E-state index contributed by atoms with van der Waals surface area (Å²) in [5.41, 5.74) is 2.33. The summed E-state index contributed by atoms with van der Waals surface area (Å²) in [6.45, 7) is 1.49. The van der Waals surface area contributed by atoms with Crippen molar-refractivity contribution >= 4 is 34.8 Å². The van der Waals surface area contributed by atoms with Crippen LogP contribution in [-0.2, 0) is 13.1 Å². The molecule has 1 saturated carbocycles. The number of nitrogens with one attached hydrogen (secondary N) is 1. The van der Waals surface area contributed by atoms with Crippen LogP contribution in [0.5, 0.6) is 5.75 Å². The summed E-state index contributed by atoms with van der Waals surface area (Å²) in [4.78, 5) is 0. The third-order valence-electron chi connectivity index (χ3n) is 6.70. The number of hydrogen-bond donors (Lipinski definition) is 1. The van der Waals surface area contributed by atoms with Crippen molar-refractivity contribution in [2.75, 3.05) is 0 Å². The highest BCUT2D eigenvalue weighted by Crippen LogP contribution is 2.36. The van der Waals surface area contributed by atoms with E-state index in [0.717, 1.165) is 60.3 Å². The van der Waals surface area contributed by atoms with Gasteiger partial charge in [0.1, 0.15) is 11.6 Å². The molecule has 33 heavy (non-hydrogen) atoms. The molecule has 5 nitrogen and oxygen atoms in total. The number of hydrogen-bond acceptors (Lipinski definition) is 4. The number of nitrogens with zero attached hydrogens (tertiary/aromatic N) is 3. The Hall–Kier alpha value is -2.60. The Kier molecular flexibility index (Phi) is 6.28. The highest BCUT2D eigenvalue weighted by Gasteiger charge is 2.30. The molecule has 2 heterocycles. The van der Waals surface area contributed by atoms with Crippen LogP contribution in [0.15, 0.2) is 60.7 Å². The lowest BCUT2D eigenvalue weighted by molar-refractivity contribution is 0.145. The average molecular weight is 481 g/mol. The van der Waals surface area contributed by atoms with Gasteiger partial charge in [0.25, 0.3) is 0 Å². The van der Waals surface area contributed by atoms with Crippen LogP contribution in [0.1, 0.15) is 48.8 Å². The smallest absolute Gasteiger partial charge is 0.151 e. The lowest BCUT2D eigenvalue weighted by Crippen LogP contribution is -2.25. The van der Waals surface area contributed by atoms with Crippen molar-refractivity contribution < 1.29 is 4.74 Å². The van der Waals surface area contributed by atoms with E-state index in [1.165, 1.54) is 16.3 Å². The molecule has 170 valence electrons. The molecule has 6 rings (SSSR count). The Morgan fingerprint density at radius 1 is 0.879 bits per heavy atom. The van der Waals surface area contributed by atoms with Crippen molar-refractivity contribution in [3.05, 3.63) is 82.9 Å². The van der Waals surface area contributed by atoms with Crippen molar-refractivity contribution in [3.8, 4) is 11.4 Å². The largest absolute Gasteiger partial charge is 0.490 e. The maximum Gasteiger partial charge on any atom is 0.151 e. The molecule has 1 aliphatic carbocycles. The van der Waals surface area contributed by atoms with E-state index in [2.05, 4.69) is 68.6 Å². The number of aromatic nitrogens is 3. The molecule has 4 aromatic rings. The molecule has 1 fully saturated rings. The van der Waals surface area contributed by atoms with Gasteiger partial charge in [0.15, 0.2) is 5.82 Å². The first-order chi connectivity index (χ1) is 15.7. The minimum atomic E-state index is 0. The van der Waals surface area contributed by atoms with Gasteiger partial charge >= 0.3 is 0 Å². The summed E-state index contributed by atoms with van der Waals surface area (Å²) in [5.74, 6) is 3.38. The highest BCUT2D eigenvalue weighted by molar-refractivity contribution is 6.30. The number of halogens is 2. The van der Waals surface area contributed by atoms with Gasteiger partial charge in [0, 0.05) is 17.5 Å². The van der Waals surface area contributed by atoms with Crippen LogP contribution in [0, 0.1) is 0 Å². The van der Waals surface area contributed by atoms with Crippen molar-refractivity contribution in [1.82, 2.24) is 20.1 Å². The van der Waals surface area contributed by atoms with E-state index >= 15 is 0 Å². The van der Waals surface area contributed by atoms with Crippen molar-refractivity contribution in [2.45, 2.75) is 50.8 Å². The summed E-state index contributed by atoms with van der Waals surface area (Å²) >= 11 is 6.25. The maximum atomic E-state index is 6.36. The number of benzene rings is 3. The van der Waals surface area contributed by atoms with Crippen LogP contribution in [0.3, 0.4) is 0 Å². The van der Waals surface area contributed by atoms with Gasteiger partial charge in [0.05, 0.1) is 18.3 Å². The summed E-state index contributed by atoms with van der Waals surface area (Å²) in [5, 5.41) is 15.8. The number of rotatable bonds is 3. The fourth-order valence-corrected chi connectivity index (χ4v) is 5.26. The Morgan fingerprint density at radius 2 is 1.70 bits per heavy atom. The third-order valence-corrected chi connectivity index (χ3v) is 6.93. The second-order valence-electron chi connectivity index (χ2n) is 8.79. The van der Waals surface area contributed by atoms with Gasteiger partial charge in [0.2, 0.25) is 0 Å². The van der Waals surface area contributed by atoms with Crippen LogP contribution in [-0.4, -0.2) is 20.9 Å². The van der Waals surface area contributed by atoms with E-state index in [-0.39, 0.29) is 18.5 Å². The lowest BCUT2D eigenvalue weighted by atomic mass is 9.86. The molecule has 3 aromatic carbocycles. The minimum Gasteiger partial charge on any atom is -0.490 e. The zero-order valence-corrected chi connectivity index (χ0v) is 19.8. The van der Waals surface area contributed by atoms with Crippen LogP contribution in [0.4, 0.5) is 0 Å². The van der Waals surface area contributed by atoms with Crippen LogP contribution in [0.25, 0.3) is 16.5 Å². The van der Waals surface area contributed by atoms with Gasteiger partial charge in [-0.25, -0.2) is 0 Å². The van der Waals surface area contributed by atoms with Crippen molar-refractivity contribution in [1.29, 1.82) is 0 Å². The maximum absolute atomic E-state index is 6.36. The fraction of sp³-hybridized carbons (Fsp3) is 0.308. The molecule has 0 bridgehead atoms. The van der Waals surface area contributed by atoms with Crippen LogP contribution >= 0.6 is 24.0 Å². The molecule has 0 unspecified atom stereocenters. The van der Waals surface area contributed by atoms with Crippen LogP contribution < -0.4 is 10.1 Å². The molecular formula is C26H26Cl2N4O. The first-order valence-electron chi connectivity index (χ1n) is 11.3. The summed E-state index contributed by atoms with van der Waals surface area (Å²) in [6, 6.07) is 20.9. The zero-order valence-electron chi connectivity index (χ0n) is 18.2. The van der Waals surface area contributed by atoms with Gasteiger partial charge in [-0.3, -0.25) is 4.57 Å². The predicted molar refractivity (Wildman–Crippen MR) is 134 cm³/mol. The minimum absolute atomic E-state index is 0. The quantitative estimate of drug-likeness (QED) is 0.378. The van der Waals surface area contributed by atoms with Gasteiger partial charge in [-0.2, -0.15) is 0 Å². The molecular weight excluding hydrogens is 455 g/mol. The molecule has 0 spiro atoms. The zero-order chi connectivity index (χ0) is 21.5. The number of fused-ring (bicyclic) bond motifs is 4. The molecule has 0 amide bonds. The monoisotopic (exact) mass is 480 g/mol. The predicted octanol–water partition coefficient (Wildman–Crippen LogP) is 6.20. The SMILES string of the molecule is Cl.Clc1ccc2c(c1)CNCc1nnc(C3CCC(Oc4ccc5ccccc5c4)CC3)n1-2. The molecule has 0 saturated heterocycles. The summed E-state index contributed by atoms with van der Waals surface area (Å²) < 4.78 is 8.61. The Labute approximate surface area is 204 Å². The normalized spacial score (nSPS) is 19.8. The Bertz CT molecular complexity index is 1280. The van der Waals surface area contributed by atoms with Gasteiger partial charge in [-0.1, -0.05) is 41.9 Å². The van der Waals surface area contributed by atoms with Gasteiger partial charge in [-0.15, -0.1) is 22.6 Å². The van der Waals surface area contributed by atoms with E-state index in [0.29, 0.717) is 12.5 Å². The second-order valence-corrected chi connectivity index (χ2v) is 9.22. The molecule has 7 heteroatoms. The van der Waals surface area contributed by atoms with Crippen molar-refractivity contribution in [3.63, 3.8) is 0 Å². The van der Waals surface area contributed by atoms with E-state index < -0.39 is 0 Å². The van der Waals surface area contributed by atoms with Gasteiger partial charge in [-0.05, 0) is 72.4 Å². The highest BCUT2D eigenvalue weighted by atomic mass is 35.5. The second kappa shape index (κ2) is 9.34. The first-order valence-corrected chi connectivity index (χ1v) is 11.7. The van der Waals surface area contributed by atoms with Crippen molar-refractivity contribution in [2.24, 2.45) is 0 Å². The van der Waals surface area contributed by atoms with Crippen LogP contribution in [0.2, 0.25) is 5.02 Å². The van der Waals surface area contributed by atoms with E-state index in [4.69, 9.17) is 16.3 Å². The van der Waals surface area contributed by atoms with E-state index in [1.807, 2.05) is 12.1 Å². The average Bonchev–Trinajstić information content (AvgIpc) is 3.15. The molecule has 0 atom stereocenters. The lowest BCUT2D eigenvalue weighted by Gasteiger charge is -2.29. The molecule has 0 radical (unpaired) electrons. The Balaban J connectivity index is 0.00000228. The first kappa shape index (κ1) is 22.2. The molecule has 1 aliphatic heterocycles. The summed E-state index contributed by atoms with van der Waals surface area (Å²) in [7, 11) is 0. The molecule has 2 aliphatic rings. The topological polar surface area (TPSA) is 52.0 Å². The third kappa shape index (κ3) is 4.33. The molecule has 1 N–H and O–H groups in total. The van der Waals surface area contributed by atoms with E-state index in [9.17, 15) is 0 Å². The van der Waals surface area contributed by atoms with E-state index in [1.54, 1.807) is 0 Å². The molecule has 1 aromatic heterocycles. The number of ether oxygens (including phenoxy) is 1. The standard InChI is InChI=1S/C26H25ClN4O.ClH/c27-21-8-12-24-20(13-21)15-28-16-25-29-30-26(31(24)25)18-6-9-22(10-7-18)32-23-11-5-17-3-1-2-4-19(17)14-23;/h1-5,8,11-14,18,22,28H,6-7,9-10,15-16H2;1H. The van der Waals surface area contributed by atoms with Gasteiger partial charge < -0.3 is 10.1 Å².